The summed E-state index contributed by atoms with van der Waals surface area (Å²) in [5, 5.41) is 0.694. The molecule has 152 valence electrons. The van der Waals surface area contributed by atoms with E-state index in [1.165, 1.54) is 0 Å². The normalized spacial score (nSPS) is 10.8. The lowest BCUT2D eigenvalue weighted by atomic mass is 10.1. The van der Waals surface area contributed by atoms with Crippen LogP contribution >= 0.6 is 0 Å². The van der Waals surface area contributed by atoms with Gasteiger partial charge in [0, 0.05) is 11.9 Å². The first-order valence-electron chi connectivity index (χ1n) is 9.70. The van der Waals surface area contributed by atoms with Crippen molar-refractivity contribution in [2.45, 2.75) is 20.0 Å². The van der Waals surface area contributed by atoms with Crippen molar-refractivity contribution in [2.24, 2.45) is 0 Å². The number of benzene rings is 2. The van der Waals surface area contributed by atoms with Gasteiger partial charge in [-0.1, -0.05) is 30.3 Å². The second-order valence-electron chi connectivity index (χ2n) is 6.80. The minimum absolute atomic E-state index is 0.00816. The summed E-state index contributed by atoms with van der Waals surface area (Å²) in [5.74, 6) is 0.972. The highest BCUT2D eigenvalue weighted by molar-refractivity contribution is 5.96. The van der Waals surface area contributed by atoms with E-state index in [-0.39, 0.29) is 12.1 Å². The van der Waals surface area contributed by atoms with Crippen LogP contribution in [0.3, 0.4) is 0 Å². The maximum Gasteiger partial charge on any atom is 0.349 e. The molecule has 0 N–H and O–H groups in total. The standard InChI is InChI=1S/C24H21NO5/c1-2-28-19-11-9-17(10-12-19)15-25(16-20-7-5-13-29-20)23(26)21-14-18-6-3-4-8-22(18)30-24(21)27/h3-14H,2,15-16H2,1H3. The number of para-hydroxylation sites is 1. The number of ether oxygens (including phenoxy) is 1. The van der Waals surface area contributed by atoms with E-state index in [4.69, 9.17) is 13.6 Å². The smallest absolute Gasteiger partial charge is 0.349 e. The van der Waals surface area contributed by atoms with E-state index < -0.39 is 11.5 Å². The van der Waals surface area contributed by atoms with Crippen molar-refractivity contribution in [3.63, 3.8) is 0 Å². The van der Waals surface area contributed by atoms with Crippen molar-refractivity contribution in [2.75, 3.05) is 6.61 Å². The van der Waals surface area contributed by atoms with Crippen LogP contribution in [0.1, 0.15) is 28.6 Å². The minimum Gasteiger partial charge on any atom is -0.494 e. The van der Waals surface area contributed by atoms with Crippen LogP contribution < -0.4 is 10.4 Å². The number of furan rings is 1. The Morgan fingerprint density at radius 3 is 2.53 bits per heavy atom. The van der Waals surface area contributed by atoms with Crippen molar-refractivity contribution in [3.05, 3.63) is 100 Å². The second-order valence-corrected chi connectivity index (χ2v) is 6.80. The Bertz CT molecular complexity index is 1190. The first-order chi connectivity index (χ1) is 14.6. The van der Waals surface area contributed by atoms with Crippen LogP contribution in [0.5, 0.6) is 5.75 Å². The molecule has 1 amide bonds. The van der Waals surface area contributed by atoms with Crippen LogP contribution in [0.4, 0.5) is 0 Å². The Morgan fingerprint density at radius 1 is 1.00 bits per heavy atom. The largest absolute Gasteiger partial charge is 0.494 e. The zero-order valence-corrected chi connectivity index (χ0v) is 16.5. The molecule has 2 aromatic heterocycles. The van der Waals surface area contributed by atoms with Gasteiger partial charge in [0.05, 0.1) is 19.4 Å². The molecule has 0 aliphatic carbocycles. The topological polar surface area (TPSA) is 72.9 Å². The summed E-state index contributed by atoms with van der Waals surface area (Å²) in [7, 11) is 0. The van der Waals surface area contributed by atoms with Gasteiger partial charge < -0.3 is 18.5 Å². The summed E-state index contributed by atoms with van der Waals surface area (Å²) in [6.45, 7) is 3.04. The van der Waals surface area contributed by atoms with E-state index in [0.717, 1.165) is 11.3 Å². The Kier molecular flexibility index (Phi) is 5.66. The SMILES string of the molecule is CCOc1ccc(CN(Cc2ccco2)C(=O)c2cc3ccccc3oc2=O)cc1. The fourth-order valence-electron chi connectivity index (χ4n) is 3.25. The first-order valence-corrected chi connectivity index (χ1v) is 9.70. The van der Waals surface area contributed by atoms with Gasteiger partial charge in [0.15, 0.2) is 0 Å². The second kappa shape index (κ2) is 8.69. The number of hydrogen-bond donors (Lipinski definition) is 0. The number of rotatable bonds is 7. The van der Waals surface area contributed by atoms with Crippen LogP contribution in [0.2, 0.25) is 0 Å². The highest BCUT2D eigenvalue weighted by atomic mass is 16.5. The molecule has 2 heterocycles. The van der Waals surface area contributed by atoms with Gasteiger partial charge in [0.2, 0.25) is 0 Å². The van der Waals surface area contributed by atoms with E-state index in [0.29, 0.717) is 29.9 Å². The maximum absolute atomic E-state index is 13.3. The zero-order chi connectivity index (χ0) is 20.9. The van der Waals surface area contributed by atoms with Gasteiger partial charge in [-0.15, -0.1) is 0 Å². The summed E-state index contributed by atoms with van der Waals surface area (Å²) >= 11 is 0. The molecule has 0 saturated carbocycles. The van der Waals surface area contributed by atoms with E-state index in [9.17, 15) is 9.59 Å². The van der Waals surface area contributed by atoms with Crippen molar-refractivity contribution < 1.29 is 18.4 Å². The van der Waals surface area contributed by atoms with Crippen LogP contribution in [0.15, 0.2) is 86.6 Å². The van der Waals surface area contributed by atoms with Crippen molar-refractivity contribution in [1.29, 1.82) is 0 Å². The summed E-state index contributed by atoms with van der Waals surface area (Å²) in [5.41, 5.74) is 0.688. The Hall–Kier alpha value is -3.80. The van der Waals surface area contributed by atoms with Gasteiger partial charge in [-0.05, 0) is 48.9 Å². The molecular formula is C24H21NO5. The molecule has 0 aliphatic rings. The molecule has 30 heavy (non-hydrogen) atoms. The highest BCUT2D eigenvalue weighted by Gasteiger charge is 2.22. The molecule has 0 aliphatic heterocycles. The fraction of sp³-hybridized carbons (Fsp3) is 0.167. The van der Waals surface area contributed by atoms with Crippen LogP contribution in [-0.2, 0) is 13.1 Å². The molecule has 0 saturated heterocycles. The lowest BCUT2D eigenvalue weighted by Gasteiger charge is -2.22. The molecule has 0 atom stereocenters. The molecule has 6 nitrogen and oxygen atoms in total. The number of hydrogen-bond acceptors (Lipinski definition) is 5. The molecule has 4 rings (SSSR count). The molecule has 6 heteroatoms. The molecule has 0 bridgehead atoms. The molecular weight excluding hydrogens is 382 g/mol. The Labute approximate surface area is 173 Å². The number of nitrogens with zero attached hydrogens (tertiary/aromatic N) is 1. The summed E-state index contributed by atoms with van der Waals surface area (Å²) in [6, 6.07) is 19.8. The predicted octanol–water partition coefficient (Wildman–Crippen LogP) is 4.63. The first kappa shape index (κ1) is 19.5. The van der Waals surface area contributed by atoms with Crippen LogP contribution in [0, 0.1) is 0 Å². The Balaban J connectivity index is 1.65. The Morgan fingerprint density at radius 2 is 1.80 bits per heavy atom. The minimum atomic E-state index is -0.658. The average Bonchev–Trinajstić information content (AvgIpc) is 3.27. The number of amides is 1. The molecule has 4 aromatic rings. The third-order valence-electron chi connectivity index (χ3n) is 4.69. The van der Waals surface area contributed by atoms with Gasteiger partial charge >= 0.3 is 5.63 Å². The van der Waals surface area contributed by atoms with Gasteiger partial charge in [0.1, 0.15) is 22.7 Å². The predicted molar refractivity (Wildman–Crippen MR) is 112 cm³/mol. The van der Waals surface area contributed by atoms with Gasteiger partial charge in [-0.2, -0.15) is 0 Å². The molecule has 0 spiro atoms. The van der Waals surface area contributed by atoms with E-state index in [2.05, 4.69) is 0 Å². The van der Waals surface area contributed by atoms with Crippen molar-refractivity contribution in [1.82, 2.24) is 4.90 Å². The maximum atomic E-state index is 13.3. The molecule has 0 fully saturated rings. The summed E-state index contributed by atoms with van der Waals surface area (Å²) < 4.78 is 16.2. The van der Waals surface area contributed by atoms with E-state index >= 15 is 0 Å². The fourth-order valence-corrected chi connectivity index (χ4v) is 3.25. The lowest BCUT2D eigenvalue weighted by Crippen LogP contribution is -2.33. The highest BCUT2D eigenvalue weighted by Crippen LogP contribution is 2.19. The van der Waals surface area contributed by atoms with E-state index in [1.54, 1.807) is 47.6 Å². The van der Waals surface area contributed by atoms with Gasteiger partial charge in [-0.25, -0.2) is 4.79 Å². The van der Waals surface area contributed by atoms with Crippen LogP contribution in [0.25, 0.3) is 11.0 Å². The van der Waals surface area contributed by atoms with Gasteiger partial charge in [-0.3, -0.25) is 4.79 Å². The third-order valence-corrected chi connectivity index (χ3v) is 4.69. The monoisotopic (exact) mass is 403 g/mol. The quantitative estimate of drug-likeness (QED) is 0.421. The van der Waals surface area contributed by atoms with Crippen molar-refractivity contribution in [3.8, 4) is 5.75 Å². The van der Waals surface area contributed by atoms with Crippen molar-refractivity contribution >= 4 is 16.9 Å². The summed E-state index contributed by atoms with van der Waals surface area (Å²) in [4.78, 5) is 27.4. The third kappa shape index (κ3) is 4.27. The van der Waals surface area contributed by atoms with E-state index in [1.807, 2.05) is 37.3 Å². The number of carbonyl (C=O) groups excluding carboxylic acids is 1. The number of carbonyl (C=O) groups is 1. The molecule has 2 aromatic carbocycles. The number of fused-ring (bicyclic) bond motifs is 1. The summed E-state index contributed by atoms with van der Waals surface area (Å²) in [6.07, 6.45) is 1.55. The molecule has 0 radical (unpaired) electrons. The lowest BCUT2D eigenvalue weighted by molar-refractivity contribution is 0.0713. The zero-order valence-electron chi connectivity index (χ0n) is 16.5. The average molecular weight is 403 g/mol. The molecule has 0 unspecified atom stereocenters. The van der Waals surface area contributed by atoms with Crippen LogP contribution in [-0.4, -0.2) is 17.4 Å². The van der Waals surface area contributed by atoms with Gasteiger partial charge in [0.25, 0.3) is 5.91 Å².